The van der Waals surface area contributed by atoms with Crippen molar-refractivity contribution in [2.45, 2.75) is 31.7 Å². The molecule has 0 spiro atoms. The number of hydrogen-bond donors (Lipinski definition) is 1. The summed E-state index contributed by atoms with van der Waals surface area (Å²) in [7, 11) is 3.14. The summed E-state index contributed by atoms with van der Waals surface area (Å²) < 4.78 is 19.1. The lowest BCUT2D eigenvalue weighted by Gasteiger charge is -2.30. The van der Waals surface area contributed by atoms with E-state index < -0.39 is 11.9 Å². The Labute approximate surface area is 185 Å². The molecule has 0 bridgehead atoms. The van der Waals surface area contributed by atoms with E-state index in [9.17, 15) is 14.0 Å². The molecule has 0 aromatic heterocycles. The van der Waals surface area contributed by atoms with E-state index in [-0.39, 0.29) is 29.9 Å². The lowest BCUT2D eigenvalue weighted by molar-refractivity contribution is -0.139. The van der Waals surface area contributed by atoms with Crippen LogP contribution < -0.4 is 10.1 Å². The summed E-state index contributed by atoms with van der Waals surface area (Å²) in [6.07, 6.45) is 0.478. The molecule has 2 aromatic rings. The van der Waals surface area contributed by atoms with Crippen LogP contribution in [0.2, 0.25) is 5.02 Å². The molecule has 162 valence electrons. The second kappa shape index (κ2) is 11.8. The van der Waals surface area contributed by atoms with Gasteiger partial charge in [-0.1, -0.05) is 36.7 Å². The van der Waals surface area contributed by atoms with Crippen molar-refractivity contribution in [2.24, 2.45) is 0 Å². The third-order valence-corrected chi connectivity index (χ3v) is 5.98. The van der Waals surface area contributed by atoms with Gasteiger partial charge in [-0.3, -0.25) is 9.59 Å². The van der Waals surface area contributed by atoms with Gasteiger partial charge < -0.3 is 15.0 Å². The van der Waals surface area contributed by atoms with Gasteiger partial charge in [-0.25, -0.2) is 4.39 Å². The van der Waals surface area contributed by atoms with Crippen LogP contribution in [0.3, 0.4) is 0 Å². The second-order valence-corrected chi connectivity index (χ2v) is 7.99. The minimum absolute atomic E-state index is 0.105. The predicted octanol–water partition coefficient (Wildman–Crippen LogP) is 4.27. The minimum Gasteiger partial charge on any atom is -0.497 e. The fraction of sp³-hybridized carbons (Fsp3) is 0.364. The molecular weight excluding hydrogens is 427 g/mol. The van der Waals surface area contributed by atoms with E-state index in [4.69, 9.17) is 16.3 Å². The van der Waals surface area contributed by atoms with E-state index in [0.717, 1.165) is 5.56 Å². The van der Waals surface area contributed by atoms with E-state index >= 15 is 0 Å². The van der Waals surface area contributed by atoms with E-state index in [1.165, 1.54) is 17.8 Å². The molecule has 0 saturated heterocycles. The molecule has 0 fully saturated rings. The van der Waals surface area contributed by atoms with Gasteiger partial charge in [-0.15, -0.1) is 11.8 Å². The number of likely N-dealkylation sites (N-methyl/N-ethyl adjacent to an activating group) is 1. The average Bonchev–Trinajstić information content (AvgIpc) is 2.75. The average molecular weight is 453 g/mol. The maximum atomic E-state index is 14.0. The van der Waals surface area contributed by atoms with Crippen molar-refractivity contribution >= 4 is 35.2 Å². The molecule has 0 heterocycles. The molecule has 8 heteroatoms. The topological polar surface area (TPSA) is 58.6 Å². The number of nitrogens with one attached hydrogen (secondary N) is 1. The van der Waals surface area contributed by atoms with Crippen molar-refractivity contribution in [3.05, 3.63) is 64.4 Å². The first-order valence-electron chi connectivity index (χ1n) is 9.55. The van der Waals surface area contributed by atoms with Gasteiger partial charge in [-0.05, 0) is 36.2 Å². The van der Waals surface area contributed by atoms with Crippen LogP contribution >= 0.6 is 23.4 Å². The van der Waals surface area contributed by atoms with Crippen molar-refractivity contribution < 1.29 is 18.7 Å². The number of benzene rings is 2. The first-order chi connectivity index (χ1) is 14.4. The van der Waals surface area contributed by atoms with Crippen LogP contribution in [0.5, 0.6) is 5.75 Å². The molecule has 2 rings (SSSR count). The number of thioether (sulfide) groups is 1. The first kappa shape index (κ1) is 24.0. The SMILES string of the molecule is CC[C@H](C(=O)NC)N(Cc1ccc(OC)cc1)C(=O)CSCc1c(F)cccc1Cl. The van der Waals surface area contributed by atoms with Crippen LogP contribution in [-0.4, -0.2) is 42.7 Å². The van der Waals surface area contributed by atoms with Crippen molar-refractivity contribution in [3.8, 4) is 5.75 Å². The molecular formula is C22H26ClFN2O3S. The van der Waals surface area contributed by atoms with Crippen LogP contribution in [0.4, 0.5) is 4.39 Å². The van der Waals surface area contributed by atoms with Gasteiger partial charge in [-0.2, -0.15) is 0 Å². The number of ether oxygens (including phenoxy) is 1. The zero-order valence-corrected chi connectivity index (χ0v) is 18.9. The molecule has 1 N–H and O–H groups in total. The molecule has 2 aromatic carbocycles. The third kappa shape index (κ3) is 6.37. The Hall–Kier alpha value is -2.25. The normalized spacial score (nSPS) is 11.6. The van der Waals surface area contributed by atoms with Crippen LogP contribution in [0.15, 0.2) is 42.5 Å². The van der Waals surface area contributed by atoms with Gasteiger partial charge in [0.05, 0.1) is 12.9 Å². The fourth-order valence-electron chi connectivity index (χ4n) is 3.01. The zero-order chi connectivity index (χ0) is 22.1. The summed E-state index contributed by atoms with van der Waals surface area (Å²) in [4.78, 5) is 27.0. The summed E-state index contributed by atoms with van der Waals surface area (Å²) in [5, 5.41) is 2.96. The molecule has 0 radical (unpaired) electrons. The number of rotatable bonds is 10. The number of carbonyl (C=O) groups is 2. The number of halogens is 2. The monoisotopic (exact) mass is 452 g/mol. The maximum Gasteiger partial charge on any atom is 0.242 e. The molecule has 0 aliphatic carbocycles. The van der Waals surface area contributed by atoms with Crippen LogP contribution in [0.25, 0.3) is 0 Å². The summed E-state index contributed by atoms with van der Waals surface area (Å²) in [6, 6.07) is 11.3. The molecule has 0 aliphatic rings. The van der Waals surface area contributed by atoms with E-state index in [1.54, 1.807) is 31.2 Å². The summed E-state index contributed by atoms with van der Waals surface area (Å²) in [5.74, 6) is 0.278. The fourth-order valence-corrected chi connectivity index (χ4v) is 4.26. The zero-order valence-electron chi connectivity index (χ0n) is 17.3. The highest BCUT2D eigenvalue weighted by atomic mass is 35.5. The van der Waals surface area contributed by atoms with Crippen LogP contribution in [0.1, 0.15) is 24.5 Å². The Morgan fingerprint density at radius 3 is 2.50 bits per heavy atom. The van der Waals surface area contributed by atoms with Crippen LogP contribution in [-0.2, 0) is 21.9 Å². The van der Waals surface area contributed by atoms with Crippen molar-refractivity contribution in [1.29, 1.82) is 0 Å². The van der Waals surface area contributed by atoms with E-state index in [0.29, 0.717) is 22.8 Å². The maximum absolute atomic E-state index is 14.0. The number of hydrogen-bond acceptors (Lipinski definition) is 4. The Morgan fingerprint density at radius 2 is 1.93 bits per heavy atom. The summed E-state index contributed by atoms with van der Waals surface area (Å²) >= 11 is 7.33. The summed E-state index contributed by atoms with van der Waals surface area (Å²) in [6.45, 7) is 2.15. The molecule has 1 atom stereocenters. The van der Waals surface area contributed by atoms with E-state index in [1.807, 2.05) is 31.2 Å². The molecule has 0 aliphatic heterocycles. The quantitative estimate of drug-likeness (QED) is 0.584. The third-order valence-electron chi connectivity index (χ3n) is 4.68. The second-order valence-electron chi connectivity index (χ2n) is 6.60. The largest absolute Gasteiger partial charge is 0.497 e. The smallest absolute Gasteiger partial charge is 0.242 e. The highest BCUT2D eigenvalue weighted by Gasteiger charge is 2.28. The van der Waals surface area contributed by atoms with Crippen LogP contribution in [0, 0.1) is 5.82 Å². The van der Waals surface area contributed by atoms with Crippen molar-refractivity contribution in [2.75, 3.05) is 19.9 Å². The molecule has 30 heavy (non-hydrogen) atoms. The Bertz CT molecular complexity index is 844. The number of amides is 2. The molecule has 0 unspecified atom stereocenters. The van der Waals surface area contributed by atoms with Gasteiger partial charge in [0.2, 0.25) is 11.8 Å². The Morgan fingerprint density at radius 1 is 1.23 bits per heavy atom. The minimum atomic E-state index is -0.595. The Balaban J connectivity index is 2.13. The lowest BCUT2D eigenvalue weighted by atomic mass is 10.1. The van der Waals surface area contributed by atoms with Gasteiger partial charge in [0.25, 0.3) is 0 Å². The van der Waals surface area contributed by atoms with Gasteiger partial charge in [0, 0.05) is 29.9 Å². The highest BCUT2D eigenvalue weighted by molar-refractivity contribution is 7.99. The lowest BCUT2D eigenvalue weighted by Crippen LogP contribution is -2.48. The Kier molecular flexibility index (Phi) is 9.46. The molecule has 5 nitrogen and oxygen atoms in total. The molecule has 2 amide bonds. The van der Waals surface area contributed by atoms with Gasteiger partial charge in [0.15, 0.2) is 0 Å². The molecule has 0 saturated carbocycles. The van der Waals surface area contributed by atoms with Gasteiger partial charge in [0.1, 0.15) is 17.6 Å². The highest BCUT2D eigenvalue weighted by Crippen LogP contribution is 2.25. The number of carbonyl (C=O) groups excluding carboxylic acids is 2. The van der Waals surface area contributed by atoms with Crippen molar-refractivity contribution in [1.82, 2.24) is 10.2 Å². The van der Waals surface area contributed by atoms with E-state index in [2.05, 4.69) is 5.32 Å². The van der Waals surface area contributed by atoms with Gasteiger partial charge >= 0.3 is 0 Å². The van der Waals surface area contributed by atoms with Crippen molar-refractivity contribution in [3.63, 3.8) is 0 Å². The first-order valence-corrected chi connectivity index (χ1v) is 11.1. The predicted molar refractivity (Wildman–Crippen MR) is 119 cm³/mol. The standard InChI is InChI=1S/C22H26ClFN2O3S/c1-4-20(22(28)25-2)26(12-15-8-10-16(29-3)11-9-15)21(27)14-30-13-17-18(23)6-5-7-19(17)24/h5-11,20H,4,12-14H2,1-3H3,(H,25,28)/t20-/m1/s1. The summed E-state index contributed by atoms with van der Waals surface area (Å²) in [5.41, 5.74) is 1.26. The number of methoxy groups -OCH3 is 1. The number of nitrogens with zero attached hydrogens (tertiary/aromatic N) is 1.